The normalized spacial score (nSPS) is 15.8. The molecular formula is C29H25FN8OS. The van der Waals surface area contributed by atoms with Crippen LogP contribution in [0, 0.1) is 5.82 Å². The van der Waals surface area contributed by atoms with Crippen molar-refractivity contribution in [2.45, 2.75) is 19.5 Å². The molecule has 0 saturated carbocycles. The Bertz CT molecular complexity index is 1830. The molecule has 1 saturated heterocycles. The van der Waals surface area contributed by atoms with E-state index in [-0.39, 0.29) is 24.3 Å². The number of carbonyl (C=O) groups excluding carboxylic acids is 1. The third-order valence-electron chi connectivity index (χ3n) is 7.24. The molecule has 1 aliphatic heterocycles. The first-order chi connectivity index (χ1) is 19.5. The fourth-order valence-electron chi connectivity index (χ4n) is 5.26. The van der Waals surface area contributed by atoms with Crippen LogP contribution in [0.25, 0.3) is 44.3 Å². The van der Waals surface area contributed by atoms with Gasteiger partial charge in [0.05, 0.1) is 17.4 Å². The number of halogens is 1. The molecule has 0 bridgehead atoms. The Balaban J connectivity index is 1.18. The number of nitrogens with zero attached hydrogens (tertiary/aromatic N) is 7. The summed E-state index contributed by atoms with van der Waals surface area (Å²) in [7, 11) is 0. The number of nitrogens with one attached hydrogen (secondary N) is 1. The van der Waals surface area contributed by atoms with Crippen molar-refractivity contribution in [2.24, 2.45) is 0 Å². The standard InChI is InChI=1S/C29H25FN8OS/c1-18-15-36(13-14-38(18)24(39)16-37-17-32-23-11-6-12-31-27(23)37)29-25(26-33-21-9-4-5-10-22(21)34-26)35-28(40-29)19-7-2-3-8-20(19)30/h2-12,17-18H,13-16H2,1H3,(H,33,34). The Kier molecular flexibility index (Phi) is 6.00. The summed E-state index contributed by atoms with van der Waals surface area (Å²) >= 11 is 1.45. The zero-order valence-corrected chi connectivity index (χ0v) is 22.5. The number of imidazole rings is 2. The Morgan fingerprint density at radius 1 is 1.02 bits per heavy atom. The van der Waals surface area contributed by atoms with Crippen LogP contribution in [0.15, 0.2) is 73.2 Å². The Labute approximate surface area is 233 Å². The maximum atomic E-state index is 14.8. The van der Waals surface area contributed by atoms with Crippen molar-refractivity contribution in [3.63, 3.8) is 0 Å². The fourth-order valence-corrected chi connectivity index (χ4v) is 6.39. The van der Waals surface area contributed by atoms with E-state index in [0.29, 0.717) is 47.4 Å². The number of amides is 1. The van der Waals surface area contributed by atoms with Gasteiger partial charge in [0, 0.05) is 37.4 Å². The highest BCUT2D eigenvalue weighted by molar-refractivity contribution is 7.19. The molecule has 1 unspecified atom stereocenters. The van der Waals surface area contributed by atoms with Crippen molar-refractivity contribution >= 4 is 44.4 Å². The number of H-pyrrole nitrogens is 1. The number of carbonyl (C=O) groups is 1. The quantitative estimate of drug-likeness (QED) is 0.324. The molecule has 1 fully saturated rings. The van der Waals surface area contributed by atoms with Gasteiger partial charge in [-0.15, -0.1) is 0 Å². The molecule has 1 atom stereocenters. The van der Waals surface area contributed by atoms with Crippen LogP contribution in [0.1, 0.15) is 6.92 Å². The molecule has 1 amide bonds. The molecule has 2 aromatic carbocycles. The van der Waals surface area contributed by atoms with Crippen molar-refractivity contribution in [3.05, 3.63) is 79.0 Å². The minimum Gasteiger partial charge on any atom is -0.358 e. The summed E-state index contributed by atoms with van der Waals surface area (Å²) in [4.78, 5) is 39.3. The van der Waals surface area contributed by atoms with Crippen LogP contribution >= 0.6 is 11.3 Å². The molecular weight excluding hydrogens is 527 g/mol. The number of hydrogen-bond donors (Lipinski definition) is 1. The number of thiazole rings is 1. The van der Waals surface area contributed by atoms with Gasteiger partial charge in [0.1, 0.15) is 33.6 Å². The summed E-state index contributed by atoms with van der Waals surface area (Å²) < 4.78 is 16.6. The maximum Gasteiger partial charge on any atom is 0.242 e. The highest BCUT2D eigenvalue weighted by Gasteiger charge is 2.31. The van der Waals surface area contributed by atoms with Crippen molar-refractivity contribution in [1.29, 1.82) is 0 Å². The van der Waals surface area contributed by atoms with Crippen molar-refractivity contribution in [1.82, 2.24) is 34.4 Å². The topological polar surface area (TPSA) is 95.8 Å². The number of para-hydroxylation sites is 2. The number of fused-ring (bicyclic) bond motifs is 2. The fraction of sp³-hybridized carbons (Fsp3) is 0.207. The second-order valence-corrected chi connectivity index (χ2v) is 10.8. The van der Waals surface area contributed by atoms with E-state index in [1.807, 2.05) is 54.3 Å². The first-order valence-electron chi connectivity index (χ1n) is 13.1. The van der Waals surface area contributed by atoms with E-state index in [1.54, 1.807) is 29.2 Å². The first kappa shape index (κ1) is 24.4. The van der Waals surface area contributed by atoms with Gasteiger partial charge >= 0.3 is 0 Å². The minimum atomic E-state index is -0.316. The van der Waals surface area contributed by atoms with Gasteiger partial charge in [-0.3, -0.25) is 4.79 Å². The number of aromatic nitrogens is 6. The lowest BCUT2D eigenvalue weighted by atomic mass is 10.2. The van der Waals surface area contributed by atoms with Crippen molar-refractivity contribution < 1.29 is 9.18 Å². The molecule has 5 heterocycles. The number of pyridine rings is 1. The lowest BCUT2D eigenvalue weighted by molar-refractivity contribution is -0.134. The second kappa shape index (κ2) is 9.83. The monoisotopic (exact) mass is 552 g/mol. The van der Waals surface area contributed by atoms with Crippen molar-refractivity contribution in [3.8, 4) is 22.1 Å². The Hall–Kier alpha value is -4.64. The molecule has 9 nitrogen and oxygen atoms in total. The van der Waals surface area contributed by atoms with Gasteiger partial charge < -0.3 is 19.4 Å². The van der Waals surface area contributed by atoms with Gasteiger partial charge in [-0.2, -0.15) is 0 Å². The number of piperazine rings is 1. The molecule has 1 aliphatic rings. The van der Waals surface area contributed by atoms with E-state index in [4.69, 9.17) is 9.97 Å². The molecule has 200 valence electrons. The van der Waals surface area contributed by atoms with E-state index in [1.165, 1.54) is 17.4 Å². The van der Waals surface area contributed by atoms with Crippen LogP contribution in [0.3, 0.4) is 0 Å². The van der Waals surface area contributed by atoms with Gasteiger partial charge in [-0.05, 0) is 43.3 Å². The van der Waals surface area contributed by atoms with E-state index in [2.05, 4.69) is 19.9 Å². The Morgan fingerprint density at radius 3 is 2.70 bits per heavy atom. The van der Waals surface area contributed by atoms with Crippen LogP contribution < -0.4 is 4.90 Å². The van der Waals surface area contributed by atoms with Gasteiger partial charge in [0.15, 0.2) is 11.5 Å². The van der Waals surface area contributed by atoms with Crippen LogP contribution in [-0.2, 0) is 11.3 Å². The first-order valence-corrected chi connectivity index (χ1v) is 13.9. The van der Waals surface area contributed by atoms with Crippen LogP contribution in [-0.4, -0.2) is 66.0 Å². The molecule has 1 N–H and O–H groups in total. The Morgan fingerprint density at radius 2 is 1.85 bits per heavy atom. The molecule has 6 aromatic rings. The molecule has 40 heavy (non-hydrogen) atoms. The number of hydrogen-bond acceptors (Lipinski definition) is 7. The number of rotatable bonds is 5. The molecule has 0 spiro atoms. The summed E-state index contributed by atoms with van der Waals surface area (Å²) in [6, 6.07) is 18.2. The highest BCUT2D eigenvalue weighted by Crippen LogP contribution is 2.41. The molecule has 0 radical (unpaired) electrons. The van der Waals surface area contributed by atoms with Gasteiger partial charge in [0.25, 0.3) is 0 Å². The summed E-state index contributed by atoms with van der Waals surface area (Å²) in [5.74, 6) is 0.343. The molecule has 0 aliphatic carbocycles. The molecule has 11 heteroatoms. The smallest absolute Gasteiger partial charge is 0.242 e. The van der Waals surface area contributed by atoms with Crippen LogP contribution in [0.5, 0.6) is 0 Å². The number of benzene rings is 2. The van der Waals surface area contributed by atoms with Gasteiger partial charge in [0.2, 0.25) is 5.91 Å². The average Bonchev–Trinajstić information content (AvgIpc) is 3.70. The van der Waals surface area contributed by atoms with E-state index in [9.17, 15) is 9.18 Å². The summed E-state index contributed by atoms with van der Waals surface area (Å²) in [6.07, 6.45) is 3.37. The summed E-state index contributed by atoms with van der Waals surface area (Å²) in [6.45, 7) is 4.01. The molecule has 4 aromatic heterocycles. The third kappa shape index (κ3) is 4.28. The minimum absolute atomic E-state index is 0.0194. The van der Waals surface area contributed by atoms with Gasteiger partial charge in [-0.1, -0.05) is 35.6 Å². The predicted octanol–water partition coefficient (Wildman–Crippen LogP) is 4.97. The number of anilines is 1. The maximum absolute atomic E-state index is 14.8. The van der Waals surface area contributed by atoms with Crippen LogP contribution in [0.4, 0.5) is 9.39 Å². The second-order valence-electron chi connectivity index (χ2n) is 9.86. The highest BCUT2D eigenvalue weighted by atomic mass is 32.1. The summed E-state index contributed by atoms with van der Waals surface area (Å²) in [5.41, 5.74) is 4.36. The zero-order chi connectivity index (χ0) is 27.2. The lowest BCUT2D eigenvalue weighted by Gasteiger charge is -2.40. The van der Waals surface area contributed by atoms with Crippen LogP contribution in [0.2, 0.25) is 0 Å². The SMILES string of the molecule is CC1CN(c2sc(-c3ccccc3F)nc2-c2nc3ccccc3[nH]2)CCN1C(=O)Cn1cnc2cccnc21. The predicted molar refractivity (Wildman–Crippen MR) is 154 cm³/mol. The zero-order valence-electron chi connectivity index (χ0n) is 21.7. The summed E-state index contributed by atoms with van der Waals surface area (Å²) in [5, 5.41) is 1.50. The van der Waals surface area contributed by atoms with Gasteiger partial charge in [-0.25, -0.2) is 24.3 Å². The van der Waals surface area contributed by atoms with E-state index >= 15 is 0 Å². The van der Waals surface area contributed by atoms with Crippen molar-refractivity contribution in [2.75, 3.05) is 24.5 Å². The molecule has 7 rings (SSSR count). The average molecular weight is 553 g/mol. The number of aromatic amines is 1. The third-order valence-corrected chi connectivity index (χ3v) is 8.39. The lowest BCUT2D eigenvalue weighted by Crippen LogP contribution is -2.54. The largest absolute Gasteiger partial charge is 0.358 e. The van der Waals surface area contributed by atoms with E-state index in [0.717, 1.165) is 21.6 Å². The van der Waals surface area contributed by atoms with E-state index < -0.39 is 0 Å².